The Bertz CT molecular complexity index is 146. The molecular formula is C8H18N2O2. The number of carbonyl (C=O) groups excluding carboxylic acids is 1. The molecule has 0 unspecified atom stereocenters. The molecule has 0 saturated heterocycles. The van der Waals surface area contributed by atoms with Gasteiger partial charge in [-0.2, -0.15) is 0 Å². The third kappa shape index (κ3) is 3.09. The Morgan fingerprint density at radius 2 is 1.92 bits per heavy atom. The van der Waals surface area contributed by atoms with Crippen molar-refractivity contribution in [2.45, 2.75) is 19.9 Å². The van der Waals surface area contributed by atoms with Crippen LogP contribution < -0.4 is 0 Å². The molecule has 12 heavy (non-hydrogen) atoms. The molecule has 2 amide bonds. The molecule has 0 heterocycles. The van der Waals surface area contributed by atoms with Gasteiger partial charge in [0.15, 0.2) is 0 Å². The van der Waals surface area contributed by atoms with Gasteiger partial charge in [0.05, 0.1) is 6.61 Å². The Balaban J connectivity index is 4.19. The van der Waals surface area contributed by atoms with E-state index in [9.17, 15) is 4.79 Å². The predicted octanol–water partition coefficient (Wildman–Crippen LogP) is 0.371. The minimum Gasteiger partial charge on any atom is -0.395 e. The molecule has 0 radical (unpaired) electrons. The summed E-state index contributed by atoms with van der Waals surface area (Å²) in [5.41, 5.74) is 0. The maximum absolute atomic E-state index is 11.4. The Kier molecular flexibility index (Phi) is 4.66. The van der Waals surface area contributed by atoms with Gasteiger partial charge < -0.3 is 14.9 Å². The second-order valence-corrected chi connectivity index (χ2v) is 3.19. The molecule has 0 aliphatic carbocycles. The van der Waals surface area contributed by atoms with E-state index >= 15 is 0 Å². The summed E-state index contributed by atoms with van der Waals surface area (Å²) in [7, 11) is 3.41. The Morgan fingerprint density at radius 1 is 1.42 bits per heavy atom. The molecule has 0 aromatic carbocycles. The molecule has 0 fully saturated rings. The molecule has 4 nitrogen and oxygen atoms in total. The van der Waals surface area contributed by atoms with Gasteiger partial charge in [0, 0.05) is 26.7 Å². The van der Waals surface area contributed by atoms with Crippen LogP contribution in [0.5, 0.6) is 0 Å². The lowest BCUT2D eigenvalue weighted by atomic mass is 10.3. The fourth-order valence-corrected chi connectivity index (χ4v) is 0.939. The topological polar surface area (TPSA) is 43.8 Å². The van der Waals surface area contributed by atoms with Crippen LogP contribution in [-0.2, 0) is 0 Å². The van der Waals surface area contributed by atoms with Gasteiger partial charge >= 0.3 is 6.03 Å². The van der Waals surface area contributed by atoms with Crippen LogP contribution in [0.1, 0.15) is 13.8 Å². The lowest BCUT2D eigenvalue weighted by Crippen LogP contribution is -2.44. The number of hydrogen-bond donors (Lipinski definition) is 1. The van der Waals surface area contributed by atoms with Crippen LogP contribution in [0.25, 0.3) is 0 Å². The summed E-state index contributed by atoms with van der Waals surface area (Å²) in [5, 5.41) is 8.70. The Morgan fingerprint density at radius 3 is 2.17 bits per heavy atom. The number of carbonyl (C=O) groups is 1. The van der Waals surface area contributed by atoms with Crippen molar-refractivity contribution in [3.63, 3.8) is 0 Å². The third-order valence-electron chi connectivity index (χ3n) is 1.59. The van der Waals surface area contributed by atoms with Gasteiger partial charge in [-0.15, -0.1) is 0 Å². The molecule has 0 aliphatic rings. The Labute approximate surface area is 73.8 Å². The average molecular weight is 174 g/mol. The molecule has 0 aromatic rings. The van der Waals surface area contributed by atoms with E-state index in [4.69, 9.17) is 5.11 Å². The zero-order chi connectivity index (χ0) is 9.72. The first kappa shape index (κ1) is 11.2. The van der Waals surface area contributed by atoms with E-state index in [2.05, 4.69) is 0 Å². The number of urea groups is 1. The maximum atomic E-state index is 11.4. The third-order valence-corrected chi connectivity index (χ3v) is 1.59. The highest BCUT2D eigenvalue weighted by Gasteiger charge is 2.17. The second-order valence-electron chi connectivity index (χ2n) is 3.19. The number of rotatable bonds is 3. The normalized spacial score (nSPS) is 10.2. The highest BCUT2D eigenvalue weighted by molar-refractivity contribution is 5.74. The highest BCUT2D eigenvalue weighted by Crippen LogP contribution is 2.00. The van der Waals surface area contributed by atoms with Crippen LogP contribution >= 0.6 is 0 Å². The van der Waals surface area contributed by atoms with Crippen molar-refractivity contribution in [3.8, 4) is 0 Å². The van der Waals surface area contributed by atoms with Crippen molar-refractivity contribution in [1.82, 2.24) is 9.80 Å². The standard InChI is InChI=1S/C8H18N2O2/c1-7(2)10(5-6-11)8(12)9(3)4/h7,11H,5-6H2,1-4H3. The molecule has 0 spiro atoms. The number of aliphatic hydroxyl groups excluding tert-OH is 1. The van der Waals surface area contributed by atoms with Crippen LogP contribution in [0.4, 0.5) is 4.79 Å². The fraction of sp³-hybridized carbons (Fsp3) is 0.875. The quantitative estimate of drug-likeness (QED) is 0.672. The summed E-state index contributed by atoms with van der Waals surface area (Å²) in [6.45, 7) is 4.26. The van der Waals surface area contributed by atoms with Crippen LogP contribution in [0, 0.1) is 0 Å². The lowest BCUT2D eigenvalue weighted by molar-refractivity contribution is 0.139. The van der Waals surface area contributed by atoms with Crippen molar-refractivity contribution >= 4 is 6.03 Å². The zero-order valence-corrected chi connectivity index (χ0v) is 8.24. The maximum Gasteiger partial charge on any atom is 0.319 e. The van der Waals surface area contributed by atoms with Crippen molar-refractivity contribution in [2.24, 2.45) is 0 Å². The number of nitrogens with zero attached hydrogens (tertiary/aromatic N) is 2. The lowest BCUT2D eigenvalue weighted by Gasteiger charge is -2.28. The molecule has 0 saturated carbocycles. The zero-order valence-electron chi connectivity index (χ0n) is 8.24. The van der Waals surface area contributed by atoms with E-state index in [1.807, 2.05) is 13.8 Å². The van der Waals surface area contributed by atoms with E-state index in [1.165, 1.54) is 4.90 Å². The summed E-state index contributed by atoms with van der Waals surface area (Å²) >= 11 is 0. The van der Waals surface area contributed by atoms with Crippen LogP contribution in [0.3, 0.4) is 0 Å². The van der Waals surface area contributed by atoms with Gasteiger partial charge in [-0.3, -0.25) is 0 Å². The van der Waals surface area contributed by atoms with Gasteiger partial charge in [-0.05, 0) is 13.8 Å². The van der Waals surface area contributed by atoms with Crippen LogP contribution in [-0.4, -0.2) is 54.2 Å². The smallest absolute Gasteiger partial charge is 0.319 e. The van der Waals surface area contributed by atoms with Gasteiger partial charge in [0.2, 0.25) is 0 Å². The fourth-order valence-electron chi connectivity index (χ4n) is 0.939. The van der Waals surface area contributed by atoms with Crippen molar-refractivity contribution in [3.05, 3.63) is 0 Å². The molecule has 1 N–H and O–H groups in total. The van der Waals surface area contributed by atoms with Crippen molar-refractivity contribution in [2.75, 3.05) is 27.2 Å². The first-order valence-corrected chi connectivity index (χ1v) is 4.09. The number of amides is 2. The molecule has 72 valence electrons. The van der Waals surface area contributed by atoms with Crippen molar-refractivity contribution in [1.29, 1.82) is 0 Å². The monoisotopic (exact) mass is 174 g/mol. The van der Waals surface area contributed by atoms with E-state index in [0.29, 0.717) is 6.54 Å². The Hall–Kier alpha value is -0.770. The van der Waals surface area contributed by atoms with E-state index in [-0.39, 0.29) is 18.7 Å². The van der Waals surface area contributed by atoms with Gasteiger partial charge in [0.1, 0.15) is 0 Å². The molecule has 0 rings (SSSR count). The predicted molar refractivity (Wildman–Crippen MR) is 48.0 cm³/mol. The molecule has 0 aliphatic heterocycles. The summed E-state index contributed by atoms with van der Waals surface area (Å²) in [6.07, 6.45) is 0. The van der Waals surface area contributed by atoms with Crippen molar-refractivity contribution < 1.29 is 9.90 Å². The average Bonchev–Trinajstić information content (AvgIpc) is 1.98. The minimum absolute atomic E-state index is 0.0117. The molecule has 0 aromatic heterocycles. The number of aliphatic hydroxyl groups is 1. The molecular weight excluding hydrogens is 156 g/mol. The second kappa shape index (κ2) is 4.98. The van der Waals surface area contributed by atoms with Gasteiger partial charge in [-0.25, -0.2) is 4.79 Å². The first-order valence-electron chi connectivity index (χ1n) is 4.09. The van der Waals surface area contributed by atoms with E-state index in [0.717, 1.165) is 0 Å². The summed E-state index contributed by atoms with van der Waals surface area (Å²) in [4.78, 5) is 14.5. The summed E-state index contributed by atoms with van der Waals surface area (Å²) in [6, 6.07) is 0.0751. The van der Waals surface area contributed by atoms with Crippen LogP contribution in [0.2, 0.25) is 0 Å². The summed E-state index contributed by atoms with van der Waals surface area (Å²) < 4.78 is 0. The molecule has 4 heteroatoms. The first-order chi connectivity index (χ1) is 5.50. The minimum atomic E-state index is -0.0564. The number of hydrogen-bond acceptors (Lipinski definition) is 2. The molecule has 0 atom stereocenters. The summed E-state index contributed by atoms with van der Waals surface area (Å²) in [5.74, 6) is 0. The van der Waals surface area contributed by atoms with E-state index in [1.54, 1.807) is 19.0 Å². The van der Waals surface area contributed by atoms with Crippen LogP contribution in [0.15, 0.2) is 0 Å². The van der Waals surface area contributed by atoms with Gasteiger partial charge in [-0.1, -0.05) is 0 Å². The highest BCUT2D eigenvalue weighted by atomic mass is 16.3. The SMILES string of the molecule is CC(C)N(CCO)C(=O)N(C)C. The van der Waals surface area contributed by atoms with Gasteiger partial charge in [0.25, 0.3) is 0 Å². The molecule has 0 bridgehead atoms. The van der Waals surface area contributed by atoms with E-state index < -0.39 is 0 Å². The largest absolute Gasteiger partial charge is 0.395 e.